The predicted octanol–water partition coefficient (Wildman–Crippen LogP) is 1.31. The number of amides is 1. The van der Waals surface area contributed by atoms with Crippen LogP contribution in [-0.4, -0.2) is 17.3 Å². The van der Waals surface area contributed by atoms with Crippen molar-refractivity contribution >= 4 is 22.8 Å². The largest absolute Gasteiger partial charge is 0.323 e. The molecule has 0 heterocycles. The Kier molecular flexibility index (Phi) is 4.66. The Morgan fingerprint density at radius 2 is 1.67 bits per heavy atom. The molecule has 0 aliphatic rings. The van der Waals surface area contributed by atoms with Gasteiger partial charge in [-0.2, -0.15) is 0 Å². The lowest BCUT2D eigenvalue weighted by atomic mass is 10.3. The average molecular weight is 187 g/mol. The average Bonchev–Trinajstić information content (AvgIpc) is 1.98. The fourth-order valence-corrected chi connectivity index (χ4v) is 1.12. The third-order valence-electron chi connectivity index (χ3n) is 1.19. The van der Waals surface area contributed by atoms with Crippen molar-refractivity contribution in [2.75, 3.05) is 6.26 Å². The number of thioether (sulfide) groups is 1. The summed E-state index contributed by atoms with van der Waals surface area (Å²) in [7, 11) is 0. The Labute approximate surface area is 76.6 Å². The highest BCUT2D eigenvalue weighted by Crippen LogP contribution is 2.08. The molecule has 0 rings (SSSR count). The second kappa shape index (κ2) is 4.98. The van der Waals surface area contributed by atoms with Gasteiger partial charge in [-0.25, -0.2) is 0 Å². The van der Waals surface area contributed by atoms with Gasteiger partial charge in [-0.05, 0) is 25.7 Å². The zero-order chi connectivity index (χ0) is 9.72. The molecule has 3 nitrogen and oxygen atoms in total. The number of carbonyl (C=O) groups excluding carboxylic acids is 2. The highest BCUT2D eigenvalue weighted by atomic mass is 32.2. The first-order chi connectivity index (χ1) is 5.49. The molecular weight excluding hydrogens is 174 g/mol. The monoisotopic (exact) mass is 187 g/mol. The van der Waals surface area contributed by atoms with Crippen LogP contribution in [0.1, 0.15) is 20.8 Å². The molecule has 0 aromatic carbocycles. The van der Waals surface area contributed by atoms with E-state index in [2.05, 4.69) is 5.32 Å². The maximum Gasteiger partial charge on any atom is 0.235 e. The molecule has 0 saturated heterocycles. The fourth-order valence-electron chi connectivity index (χ4n) is 0.658. The van der Waals surface area contributed by atoms with Crippen LogP contribution >= 0.6 is 11.8 Å². The smallest absolute Gasteiger partial charge is 0.235 e. The Hall–Kier alpha value is -0.770. The van der Waals surface area contributed by atoms with Gasteiger partial charge in [0.05, 0.1) is 5.70 Å². The third-order valence-corrected chi connectivity index (χ3v) is 1.77. The van der Waals surface area contributed by atoms with E-state index < -0.39 is 0 Å². The van der Waals surface area contributed by atoms with Gasteiger partial charge in [-0.15, -0.1) is 0 Å². The van der Waals surface area contributed by atoms with Crippen molar-refractivity contribution in [3.63, 3.8) is 0 Å². The van der Waals surface area contributed by atoms with Gasteiger partial charge < -0.3 is 5.32 Å². The van der Waals surface area contributed by atoms with Crippen LogP contribution in [0.5, 0.6) is 0 Å². The van der Waals surface area contributed by atoms with Crippen LogP contribution < -0.4 is 5.32 Å². The summed E-state index contributed by atoms with van der Waals surface area (Å²) >= 11 is 1.09. The maximum atomic E-state index is 11.2. The Morgan fingerprint density at radius 3 is 1.92 bits per heavy atom. The van der Waals surface area contributed by atoms with Gasteiger partial charge in [0.1, 0.15) is 0 Å². The van der Waals surface area contributed by atoms with Crippen LogP contribution in [0.4, 0.5) is 0 Å². The zero-order valence-electron chi connectivity index (χ0n) is 7.72. The number of rotatable bonds is 2. The first kappa shape index (κ1) is 11.2. The minimum absolute atomic E-state index is 0.106. The normalized spacial score (nSPS) is 9.00. The van der Waals surface area contributed by atoms with E-state index in [9.17, 15) is 9.59 Å². The number of hydrogen-bond acceptors (Lipinski definition) is 3. The summed E-state index contributed by atoms with van der Waals surface area (Å²) in [5.41, 5.74) is 1.22. The van der Waals surface area contributed by atoms with Crippen LogP contribution in [0.15, 0.2) is 11.3 Å². The van der Waals surface area contributed by atoms with Crippen molar-refractivity contribution in [1.29, 1.82) is 0 Å². The lowest BCUT2D eigenvalue weighted by Gasteiger charge is -2.06. The van der Waals surface area contributed by atoms with Crippen LogP contribution in [0.25, 0.3) is 0 Å². The quantitative estimate of drug-likeness (QED) is 0.663. The zero-order valence-corrected chi connectivity index (χ0v) is 8.54. The fraction of sp³-hybridized carbons (Fsp3) is 0.500. The summed E-state index contributed by atoms with van der Waals surface area (Å²) in [6.07, 6.45) is 1.69. The molecule has 0 fully saturated rings. The third kappa shape index (κ3) is 3.57. The SMILES string of the molecule is CSC(=O)C(NC(C)=O)=C(C)C. The van der Waals surface area contributed by atoms with E-state index in [1.807, 2.05) is 0 Å². The molecule has 0 radical (unpaired) electrons. The van der Waals surface area contributed by atoms with E-state index in [0.717, 1.165) is 17.3 Å². The first-order valence-corrected chi connectivity index (χ1v) is 4.75. The summed E-state index contributed by atoms with van der Waals surface area (Å²) in [6.45, 7) is 4.97. The molecule has 0 unspecified atom stereocenters. The Bertz CT molecular complexity index is 229. The summed E-state index contributed by atoms with van der Waals surface area (Å²) in [6, 6.07) is 0. The molecule has 0 aliphatic carbocycles. The van der Waals surface area contributed by atoms with Crippen LogP contribution in [0.3, 0.4) is 0 Å². The van der Waals surface area contributed by atoms with Crippen molar-refractivity contribution in [1.82, 2.24) is 5.32 Å². The van der Waals surface area contributed by atoms with Crippen molar-refractivity contribution in [3.05, 3.63) is 11.3 Å². The molecule has 0 atom stereocenters. The summed E-state index contributed by atoms with van der Waals surface area (Å²) in [5.74, 6) is -0.214. The molecule has 0 bridgehead atoms. The number of nitrogens with one attached hydrogen (secondary N) is 1. The Balaban J connectivity index is 4.58. The van der Waals surface area contributed by atoms with E-state index in [-0.39, 0.29) is 11.0 Å². The highest BCUT2D eigenvalue weighted by molar-refractivity contribution is 8.13. The summed E-state index contributed by atoms with van der Waals surface area (Å²) in [5, 5.41) is 2.39. The van der Waals surface area contributed by atoms with E-state index in [4.69, 9.17) is 0 Å². The number of allylic oxidation sites excluding steroid dienone is 1. The predicted molar refractivity (Wildman–Crippen MR) is 50.7 cm³/mol. The highest BCUT2D eigenvalue weighted by Gasteiger charge is 2.10. The molecular formula is C8H13NO2S. The van der Waals surface area contributed by atoms with E-state index in [0.29, 0.717) is 5.70 Å². The second-order valence-electron chi connectivity index (χ2n) is 2.55. The molecule has 12 heavy (non-hydrogen) atoms. The first-order valence-electron chi connectivity index (χ1n) is 3.52. The molecule has 0 saturated carbocycles. The molecule has 0 aliphatic heterocycles. The standard InChI is InChI=1S/C8H13NO2S/c1-5(2)7(8(11)12-4)9-6(3)10/h1-4H3,(H,9,10). The van der Waals surface area contributed by atoms with Gasteiger partial charge in [-0.3, -0.25) is 9.59 Å². The van der Waals surface area contributed by atoms with Gasteiger partial charge in [0.2, 0.25) is 11.0 Å². The Morgan fingerprint density at radius 1 is 1.17 bits per heavy atom. The molecule has 0 aromatic rings. The van der Waals surface area contributed by atoms with Crippen LogP contribution in [0, 0.1) is 0 Å². The lowest BCUT2D eigenvalue weighted by molar-refractivity contribution is -0.119. The molecule has 68 valence electrons. The minimum atomic E-state index is -0.214. The summed E-state index contributed by atoms with van der Waals surface area (Å²) in [4.78, 5) is 21.9. The molecule has 0 aromatic heterocycles. The van der Waals surface area contributed by atoms with Gasteiger partial charge in [0.15, 0.2) is 0 Å². The van der Waals surface area contributed by atoms with Gasteiger partial charge in [0.25, 0.3) is 0 Å². The molecule has 0 spiro atoms. The van der Waals surface area contributed by atoms with Crippen LogP contribution in [-0.2, 0) is 9.59 Å². The van der Waals surface area contributed by atoms with Crippen molar-refractivity contribution < 1.29 is 9.59 Å². The maximum absolute atomic E-state index is 11.2. The summed E-state index contributed by atoms with van der Waals surface area (Å²) < 4.78 is 0. The topological polar surface area (TPSA) is 46.2 Å². The van der Waals surface area contributed by atoms with Crippen molar-refractivity contribution in [2.24, 2.45) is 0 Å². The van der Waals surface area contributed by atoms with Crippen molar-refractivity contribution in [3.8, 4) is 0 Å². The lowest BCUT2D eigenvalue weighted by Crippen LogP contribution is -2.24. The van der Waals surface area contributed by atoms with Gasteiger partial charge >= 0.3 is 0 Å². The van der Waals surface area contributed by atoms with Crippen molar-refractivity contribution in [2.45, 2.75) is 20.8 Å². The number of hydrogen-bond donors (Lipinski definition) is 1. The second-order valence-corrected chi connectivity index (χ2v) is 3.33. The molecule has 1 N–H and O–H groups in total. The van der Waals surface area contributed by atoms with Gasteiger partial charge in [0, 0.05) is 6.92 Å². The minimum Gasteiger partial charge on any atom is -0.323 e. The van der Waals surface area contributed by atoms with E-state index in [1.165, 1.54) is 6.92 Å². The van der Waals surface area contributed by atoms with E-state index >= 15 is 0 Å². The number of carbonyl (C=O) groups is 2. The van der Waals surface area contributed by atoms with Crippen LogP contribution in [0.2, 0.25) is 0 Å². The van der Waals surface area contributed by atoms with E-state index in [1.54, 1.807) is 20.1 Å². The molecule has 4 heteroatoms. The van der Waals surface area contributed by atoms with Gasteiger partial charge in [-0.1, -0.05) is 11.8 Å². The molecule has 1 amide bonds.